The van der Waals surface area contributed by atoms with Crippen LogP contribution in [0.15, 0.2) is 36.7 Å². The Balaban J connectivity index is 1.80. The van der Waals surface area contributed by atoms with E-state index in [1.165, 1.54) is 43.6 Å². The second-order valence-corrected chi connectivity index (χ2v) is 4.58. The molecule has 3 heteroatoms. The highest BCUT2D eigenvalue weighted by Gasteiger charge is 2.10. The summed E-state index contributed by atoms with van der Waals surface area (Å²) < 4.78 is 0. The lowest BCUT2D eigenvalue weighted by atomic mass is 10.1. The van der Waals surface area contributed by atoms with Crippen molar-refractivity contribution in [3.05, 3.63) is 36.7 Å². The SMILES string of the molecule is c1cc(N2CCCCC2)ccc1-c1cn[nH]c1. The van der Waals surface area contributed by atoms with Crippen LogP contribution in [0.1, 0.15) is 19.3 Å². The van der Waals surface area contributed by atoms with Gasteiger partial charge >= 0.3 is 0 Å². The number of hydrogen-bond acceptors (Lipinski definition) is 2. The zero-order valence-electron chi connectivity index (χ0n) is 9.89. The molecule has 1 aliphatic rings. The minimum Gasteiger partial charge on any atom is -0.372 e. The normalized spacial score (nSPS) is 16.1. The lowest BCUT2D eigenvalue weighted by molar-refractivity contribution is 0.578. The number of rotatable bonds is 2. The van der Waals surface area contributed by atoms with Crippen molar-refractivity contribution in [2.24, 2.45) is 0 Å². The molecule has 3 nitrogen and oxygen atoms in total. The predicted octanol–water partition coefficient (Wildman–Crippen LogP) is 3.07. The molecule has 0 unspecified atom stereocenters. The molecule has 2 aromatic rings. The number of aromatic amines is 1. The molecule has 88 valence electrons. The van der Waals surface area contributed by atoms with E-state index in [2.05, 4.69) is 39.4 Å². The van der Waals surface area contributed by atoms with Crippen LogP contribution < -0.4 is 4.90 Å². The predicted molar refractivity (Wildman–Crippen MR) is 70.1 cm³/mol. The van der Waals surface area contributed by atoms with Gasteiger partial charge in [-0.05, 0) is 37.0 Å². The Kier molecular flexibility index (Phi) is 2.82. The van der Waals surface area contributed by atoms with Crippen LogP contribution in [-0.4, -0.2) is 23.3 Å². The summed E-state index contributed by atoms with van der Waals surface area (Å²) in [5, 5.41) is 6.82. The first kappa shape index (κ1) is 10.4. The molecular formula is C14H17N3. The van der Waals surface area contributed by atoms with Crippen molar-refractivity contribution in [2.75, 3.05) is 18.0 Å². The van der Waals surface area contributed by atoms with Crippen molar-refractivity contribution in [3.8, 4) is 11.1 Å². The van der Waals surface area contributed by atoms with Gasteiger partial charge in [-0.15, -0.1) is 0 Å². The van der Waals surface area contributed by atoms with E-state index in [-0.39, 0.29) is 0 Å². The maximum absolute atomic E-state index is 3.98. The maximum Gasteiger partial charge on any atom is 0.0565 e. The zero-order valence-corrected chi connectivity index (χ0v) is 9.89. The van der Waals surface area contributed by atoms with Gasteiger partial charge < -0.3 is 4.90 Å². The van der Waals surface area contributed by atoms with Crippen molar-refractivity contribution < 1.29 is 0 Å². The molecule has 1 fully saturated rings. The average Bonchev–Trinajstić information content (AvgIpc) is 2.94. The van der Waals surface area contributed by atoms with E-state index in [0.717, 1.165) is 5.56 Å². The molecule has 17 heavy (non-hydrogen) atoms. The summed E-state index contributed by atoms with van der Waals surface area (Å²) in [4.78, 5) is 2.47. The van der Waals surface area contributed by atoms with E-state index >= 15 is 0 Å². The van der Waals surface area contributed by atoms with Gasteiger partial charge in [0.25, 0.3) is 0 Å². The average molecular weight is 227 g/mol. The van der Waals surface area contributed by atoms with Gasteiger partial charge in [0.15, 0.2) is 0 Å². The van der Waals surface area contributed by atoms with Gasteiger partial charge in [-0.1, -0.05) is 12.1 Å². The lowest BCUT2D eigenvalue weighted by Crippen LogP contribution is -2.29. The monoisotopic (exact) mass is 227 g/mol. The number of nitrogens with one attached hydrogen (secondary N) is 1. The molecular weight excluding hydrogens is 210 g/mol. The molecule has 0 aliphatic carbocycles. The van der Waals surface area contributed by atoms with Crippen molar-refractivity contribution in [3.63, 3.8) is 0 Å². The van der Waals surface area contributed by atoms with Gasteiger partial charge in [0.2, 0.25) is 0 Å². The Labute approximate surface area is 101 Å². The molecule has 3 rings (SSSR count). The van der Waals surface area contributed by atoms with Gasteiger partial charge in [-0.3, -0.25) is 5.10 Å². The Hall–Kier alpha value is -1.77. The fraction of sp³-hybridized carbons (Fsp3) is 0.357. The van der Waals surface area contributed by atoms with Crippen molar-refractivity contribution in [1.82, 2.24) is 10.2 Å². The Morgan fingerprint density at radius 3 is 2.35 bits per heavy atom. The molecule has 1 aromatic heterocycles. The smallest absolute Gasteiger partial charge is 0.0565 e. The quantitative estimate of drug-likeness (QED) is 0.855. The highest BCUT2D eigenvalue weighted by atomic mass is 15.1. The molecule has 1 aliphatic heterocycles. The van der Waals surface area contributed by atoms with Gasteiger partial charge in [0.05, 0.1) is 6.20 Å². The van der Waals surface area contributed by atoms with Crippen LogP contribution in [-0.2, 0) is 0 Å². The fourth-order valence-electron chi connectivity index (χ4n) is 2.43. The number of anilines is 1. The first-order valence-electron chi connectivity index (χ1n) is 6.28. The summed E-state index contributed by atoms with van der Waals surface area (Å²) in [5.41, 5.74) is 3.71. The molecule has 0 saturated carbocycles. The van der Waals surface area contributed by atoms with Crippen molar-refractivity contribution >= 4 is 5.69 Å². The summed E-state index contributed by atoms with van der Waals surface area (Å²) in [7, 11) is 0. The maximum atomic E-state index is 3.98. The summed E-state index contributed by atoms with van der Waals surface area (Å²) in [6.45, 7) is 2.40. The largest absolute Gasteiger partial charge is 0.372 e. The van der Waals surface area contributed by atoms with Gasteiger partial charge in [0.1, 0.15) is 0 Å². The molecule has 1 N–H and O–H groups in total. The summed E-state index contributed by atoms with van der Waals surface area (Å²) in [5.74, 6) is 0. The molecule has 0 radical (unpaired) electrons. The first-order chi connectivity index (χ1) is 8.43. The van der Waals surface area contributed by atoms with Crippen LogP contribution >= 0.6 is 0 Å². The number of benzene rings is 1. The third-order valence-electron chi connectivity index (χ3n) is 3.42. The van der Waals surface area contributed by atoms with Gasteiger partial charge in [-0.2, -0.15) is 5.10 Å². The highest BCUT2D eigenvalue weighted by molar-refractivity contribution is 5.65. The molecule has 0 atom stereocenters. The Morgan fingerprint density at radius 2 is 1.71 bits per heavy atom. The van der Waals surface area contributed by atoms with E-state index in [4.69, 9.17) is 0 Å². The minimum absolute atomic E-state index is 1.15. The summed E-state index contributed by atoms with van der Waals surface area (Å²) in [6, 6.07) is 8.78. The fourth-order valence-corrected chi connectivity index (χ4v) is 2.43. The molecule has 1 aromatic carbocycles. The van der Waals surface area contributed by atoms with E-state index in [1.807, 2.05) is 12.4 Å². The minimum atomic E-state index is 1.15. The van der Waals surface area contributed by atoms with Crippen molar-refractivity contribution in [2.45, 2.75) is 19.3 Å². The number of hydrogen-bond donors (Lipinski definition) is 1. The van der Waals surface area contributed by atoms with Crippen LogP contribution in [0.4, 0.5) is 5.69 Å². The van der Waals surface area contributed by atoms with Crippen LogP contribution in [0.5, 0.6) is 0 Å². The lowest BCUT2D eigenvalue weighted by Gasteiger charge is -2.28. The number of H-pyrrole nitrogens is 1. The number of nitrogens with zero attached hydrogens (tertiary/aromatic N) is 2. The molecule has 2 heterocycles. The van der Waals surface area contributed by atoms with E-state index in [9.17, 15) is 0 Å². The topological polar surface area (TPSA) is 31.9 Å². The Bertz CT molecular complexity index is 453. The second kappa shape index (κ2) is 4.62. The van der Waals surface area contributed by atoms with E-state index in [1.54, 1.807) is 0 Å². The highest BCUT2D eigenvalue weighted by Crippen LogP contribution is 2.24. The summed E-state index contributed by atoms with van der Waals surface area (Å²) in [6.07, 6.45) is 7.81. The number of aromatic nitrogens is 2. The van der Waals surface area contributed by atoms with E-state index < -0.39 is 0 Å². The van der Waals surface area contributed by atoms with Crippen LogP contribution in [0.3, 0.4) is 0 Å². The van der Waals surface area contributed by atoms with E-state index in [0.29, 0.717) is 0 Å². The van der Waals surface area contributed by atoms with Crippen LogP contribution in [0, 0.1) is 0 Å². The van der Waals surface area contributed by atoms with Crippen molar-refractivity contribution in [1.29, 1.82) is 0 Å². The second-order valence-electron chi connectivity index (χ2n) is 4.58. The molecule has 0 spiro atoms. The third-order valence-corrected chi connectivity index (χ3v) is 3.42. The molecule has 0 amide bonds. The zero-order chi connectivity index (χ0) is 11.5. The van der Waals surface area contributed by atoms with Crippen LogP contribution in [0.2, 0.25) is 0 Å². The van der Waals surface area contributed by atoms with Gasteiger partial charge in [0, 0.05) is 30.5 Å². The Morgan fingerprint density at radius 1 is 0.941 bits per heavy atom. The van der Waals surface area contributed by atoms with Gasteiger partial charge in [-0.25, -0.2) is 0 Å². The third kappa shape index (κ3) is 2.18. The first-order valence-corrected chi connectivity index (χ1v) is 6.28. The summed E-state index contributed by atoms with van der Waals surface area (Å²) >= 11 is 0. The number of piperidine rings is 1. The molecule has 0 bridgehead atoms. The standard InChI is InChI=1S/C14H17N3/c1-2-8-17(9-3-1)14-6-4-12(5-7-14)13-10-15-16-11-13/h4-7,10-11H,1-3,8-9H2,(H,15,16). The molecule has 1 saturated heterocycles. The van der Waals surface area contributed by atoms with Crippen LogP contribution in [0.25, 0.3) is 11.1 Å².